The highest BCUT2D eigenvalue weighted by molar-refractivity contribution is 5.98. The maximum absolute atomic E-state index is 12.9. The average Bonchev–Trinajstić information content (AvgIpc) is 2.72. The van der Waals surface area contributed by atoms with Gasteiger partial charge in [-0.15, -0.1) is 0 Å². The molecule has 8 heteroatoms. The second-order valence-corrected chi connectivity index (χ2v) is 6.13. The Labute approximate surface area is 168 Å². The smallest absolute Gasteiger partial charge is 0.279 e. The molecule has 0 aliphatic heterocycles. The molecule has 0 aliphatic rings. The number of hydrazine groups is 1. The van der Waals surface area contributed by atoms with E-state index >= 15 is 0 Å². The quantitative estimate of drug-likeness (QED) is 0.497. The van der Waals surface area contributed by atoms with Crippen molar-refractivity contribution in [3.05, 3.63) is 59.9 Å². The molecule has 154 valence electrons. The summed E-state index contributed by atoms with van der Waals surface area (Å²) in [7, 11) is 0. The minimum atomic E-state index is -0.853. The van der Waals surface area contributed by atoms with Crippen LogP contribution < -0.4 is 20.3 Å². The van der Waals surface area contributed by atoms with Crippen molar-refractivity contribution >= 4 is 17.6 Å². The van der Waals surface area contributed by atoms with Gasteiger partial charge in [-0.25, -0.2) is 4.39 Å². The van der Waals surface area contributed by atoms with Crippen molar-refractivity contribution in [2.24, 2.45) is 0 Å². The molecule has 0 bridgehead atoms. The van der Waals surface area contributed by atoms with Crippen molar-refractivity contribution in [2.75, 3.05) is 6.61 Å². The number of amides is 2. The van der Waals surface area contributed by atoms with E-state index in [9.17, 15) is 18.8 Å². The molecular weight excluding hydrogens is 379 g/mol. The first kappa shape index (κ1) is 21.9. The Balaban J connectivity index is 1.72. The van der Waals surface area contributed by atoms with Gasteiger partial charge in [-0.3, -0.25) is 25.2 Å². The van der Waals surface area contributed by atoms with E-state index in [-0.39, 0.29) is 18.6 Å². The van der Waals surface area contributed by atoms with Crippen molar-refractivity contribution in [1.29, 1.82) is 0 Å². The van der Waals surface area contributed by atoms with E-state index in [0.717, 1.165) is 0 Å². The summed E-state index contributed by atoms with van der Waals surface area (Å²) >= 11 is 0. The zero-order valence-corrected chi connectivity index (χ0v) is 16.2. The maximum Gasteiger partial charge on any atom is 0.279 e. The summed E-state index contributed by atoms with van der Waals surface area (Å²) in [5.74, 6) is -0.631. The number of hydrogen-bond acceptors (Lipinski definition) is 5. The first-order chi connectivity index (χ1) is 13.9. The molecule has 0 spiro atoms. The highest BCUT2D eigenvalue weighted by Gasteiger charge is 2.16. The van der Waals surface area contributed by atoms with Crippen LogP contribution in [0.5, 0.6) is 11.5 Å². The van der Waals surface area contributed by atoms with Crippen LogP contribution in [0.3, 0.4) is 0 Å². The van der Waals surface area contributed by atoms with E-state index in [0.29, 0.717) is 23.7 Å². The summed E-state index contributed by atoms with van der Waals surface area (Å²) in [6, 6.07) is 11.9. The van der Waals surface area contributed by atoms with Gasteiger partial charge in [-0.05, 0) is 62.4 Å². The second kappa shape index (κ2) is 10.8. The van der Waals surface area contributed by atoms with E-state index in [4.69, 9.17) is 9.47 Å². The summed E-state index contributed by atoms with van der Waals surface area (Å²) < 4.78 is 23.7. The fourth-order valence-electron chi connectivity index (χ4n) is 2.34. The van der Waals surface area contributed by atoms with Gasteiger partial charge in [0.25, 0.3) is 5.91 Å². The Hall–Kier alpha value is -3.42. The van der Waals surface area contributed by atoms with Crippen molar-refractivity contribution in [3.63, 3.8) is 0 Å². The number of rotatable bonds is 9. The third kappa shape index (κ3) is 7.25. The van der Waals surface area contributed by atoms with Gasteiger partial charge in [-0.2, -0.15) is 0 Å². The number of hydrogen-bond donors (Lipinski definition) is 2. The lowest BCUT2D eigenvalue weighted by Gasteiger charge is -2.15. The molecule has 0 saturated heterocycles. The molecule has 0 unspecified atom stereocenters. The Morgan fingerprint density at radius 3 is 2.17 bits per heavy atom. The maximum atomic E-state index is 12.9. The summed E-state index contributed by atoms with van der Waals surface area (Å²) in [5, 5.41) is 0. The first-order valence-electron chi connectivity index (χ1n) is 9.16. The number of ketones is 1. The SMILES string of the molecule is CCOc1ccc(O[C@H](C)C(=O)NNC(=O)CCC(=O)c2ccc(F)cc2)cc1. The van der Waals surface area contributed by atoms with Crippen LogP contribution >= 0.6 is 0 Å². The monoisotopic (exact) mass is 402 g/mol. The third-order valence-electron chi connectivity index (χ3n) is 3.89. The van der Waals surface area contributed by atoms with Crippen molar-refractivity contribution < 1.29 is 28.2 Å². The zero-order chi connectivity index (χ0) is 21.2. The first-order valence-corrected chi connectivity index (χ1v) is 9.16. The van der Waals surface area contributed by atoms with Gasteiger partial charge < -0.3 is 9.47 Å². The topological polar surface area (TPSA) is 93.7 Å². The lowest BCUT2D eigenvalue weighted by Crippen LogP contribution is -2.47. The molecular formula is C21H23FN2O5. The minimum absolute atomic E-state index is 0.0639. The van der Waals surface area contributed by atoms with E-state index < -0.39 is 23.7 Å². The van der Waals surface area contributed by atoms with Crippen LogP contribution in [-0.4, -0.2) is 30.3 Å². The molecule has 0 radical (unpaired) electrons. The van der Waals surface area contributed by atoms with Crippen molar-refractivity contribution in [3.8, 4) is 11.5 Å². The van der Waals surface area contributed by atoms with Crippen LogP contribution in [0.25, 0.3) is 0 Å². The average molecular weight is 402 g/mol. The second-order valence-electron chi connectivity index (χ2n) is 6.13. The van der Waals surface area contributed by atoms with Gasteiger partial charge in [0, 0.05) is 18.4 Å². The molecule has 29 heavy (non-hydrogen) atoms. The van der Waals surface area contributed by atoms with Gasteiger partial charge in [0.2, 0.25) is 5.91 Å². The summed E-state index contributed by atoms with van der Waals surface area (Å²) in [6.07, 6.45) is -1.04. The largest absolute Gasteiger partial charge is 0.494 e. The molecule has 2 rings (SSSR count). The van der Waals surface area contributed by atoms with Crippen LogP contribution in [0, 0.1) is 5.82 Å². The molecule has 0 aliphatic carbocycles. The molecule has 1 atom stereocenters. The van der Waals surface area contributed by atoms with Crippen LogP contribution in [0.4, 0.5) is 4.39 Å². The van der Waals surface area contributed by atoms with Crippen LogP contribution in [0.15, 0.2) is 48.5 Å². The number of carbonyl (C=O) groups excluding carboxylic acids is 3. The Kier molecular flexibility index (Phi) is 8.14. The molecule has 2 N–H and O–H groups in total. The standard InChI is InChI=1S/C21H23FN2O5/c1-3-28-17-8-10-18(11-9-17)29-14(2)21(27)24-23-20(26)13-12-19(25)15-4-6-16(22)7-5-15/h4-11,14H,3,12-13H2,1-2H3,(H,23,26)(H,24,27)/t14-/m1/s1. The Bertz CT molecular complexity index is 837. The molecule has 2 aromatic carbocycles. The lowest BCUT2D eigenvalue weighted by atomic mass is 10.1. The Morgan fingerprint density at radius 2 is 1.55 bits per heavy atom. The van der Waals surface area contributed by atoms with Crippen LogP contribution in [0.2, 0.25) is 0 Å². The molecule has 2 aromatic rings. The molecule has 0 heterocycles. The number of carbonyl (C=O) groups is 3. The van der Waals surface area contributed by atoms with Gasteiger partial charge >= 0.3 is 0 Å². The highest BCUT2D eigenvalue weighted by atomic mass is 19.1. The minimum Gasteiger partial charge on any atom is -0.494 e. The summed E-state index contributed by atoms with van der Waals surface area (Å²) in [4.78, 5) is 35.8. The number of ether oxygens (including phenoxy) is 2. The number of benzene rings is 2. The Morgan fingerprint density at radius 1 is 0.931 bits per heavy atom. The van der Waals surface area contributed by atoms with E-state index in [1.54, 1.807) is 24.3 Å². The number of nitrogens with one attached hydrogen (secondary N) is 2. The number of Topliss-reactive ketones (excluding diaryl/α,β-unsaturated/α-hetero) is 1. The van der Waals surface area contributed by atoms with E-state index in [2.05, 4.69) is 10.9 Å². The zero-order valence-electron chi connectivity index (χ0n) is 16.2. The molecule has 2 amide bonds. The van der Waals surface area contributed by atoms with Crippen molar-refractivity contribution in [2.45, 2.75) is 32.8 Å². The highest BCUT2D eigenvalue weighted by Crippen LogP contribution is 2.18. The van der Waals surface area contributed by atoms with Gasteiger partial charge in [0.05, 0.1) is 6.61 Å². The molecule has 0 aromatic heterocycles. The van der Waals surface area contributed by atoms with Crippen LogP contribution in [-0.2, 0) is 9.59 Å². The fourth-order valence-corrected chi connectivity index (χ4v) is 2.34. The molecule has 0 fully saturated rings. The summed E-state index contributed by atoms with van der Waals surface area (Å²) in [6.45, 7) is 3.97. The van der Waals surface area contributed by atoms with Crippen LogP contribution in [0.1, 0.15) is 37.0 Å². The van der Waals surface area contributed by atoms with Gasteiger partial charge in [0.1, 0.15) is 17.3 Å². The van der Waals surface area contributed by atoms with Gasteiger partial charge in [-0.1, -0.05) is 0 Å². The molecule has 7 nitrogen and oxygen atoms in total. The lowest BCUT2D eigenvalue weighted by molar-refractivity contribution is -0.132. The number of halogens is 1. The van der Waals surface area contributed by atoms with E-state index in [1.807, 2.05) is 6.92 Å². The van der Waals surface area contributed by atoms with Crippen molar-refractivity contribution in [1.82, 2.24) is 10.9 Å². The van der Waals surface area contributed by atoms with Gasteiger partial charge in [0.15, 0.2) is 11.9 Å². The van der Waals surface area contributed by atoms with E-state index in [1.165, 1.54) is 31.2 Å². The molecule has 0 saturated carbocycles. The predicted octanol–water partition coefficient (Wildman–Crippen LogP) is 2.80. The predicted molar refractivity (Wildman–Crippen MR) is 104 cm³/mol. The normalized spacial score (nSPS) is 11.3. The third-order valence-corrected chi connectivity index (χ3v) is 3.89. The fraction of sp³-hybridized carbons (Fsp3) is 0.286. The summed E-state index contributed by atoms with van der Waals surface area (Å²) in [5.41, 5.74) is 4.82.